The van der Waals surface area contributed by atoms with Crippen LogP contribution in [0.25, 0.3) is 0 Å². The van der Waals surface area contributed by atoms with Crippen molar-refractivity contribution in [3.05, 3.63) is 47.2 Å². The van der Waals surface area contributed by atoms with Gasteiger partial charge in [0.1, 0.15) is 22.4 Å². The molecular weight excluding hydrogens is 238 g/mol. The van der Waals surface area contributed by atoms with E-state index in [9.17, 15) is 0 Å². The number of hydrogen-bond donors (Lipinski definition) is 0. The van der Waals surface area contributed by atoms with Crippen molar-refractivity contribution in [3.8, 4) is 17.2 Å². The summed E-state index contributed by atoms with van der Waals surface area (Å²) in [6.07, 6.45) is 0. The highest BCUT2D eigenvalue weighted by atomic mass is 35.5. The van der Waals surface area contributed by atoms with Gasteiger partial charge in [0.2, 0.25) is 0 Å². The molecule has 88 valence electrons. The molecule has 0 saturated carbocycles. The Bertz CT molecular complexity index is 508. The molecular formula is C13H12ClNO2. The molecule has 1 heterocycles. The quantitative estimate of drug-likeness (QED) is 0.775. The van der Waals surface area contributed by atoms with Gasteiger partial charge in [-0.2, -0.15) is 0 Å². The Morgan fingerprint density at radius 3 is 2.53 bits per heavy atom. The molecule has 0 fully saturated rings. The van der Waals surface area contributed by atoms with Crippen LogP contribution in [-0.2, 0) is 0 Å². The number of rotatable bonds is 3. The molecule has 2 aromatic rings. The Hall–Kier alpha value is -1.74. The lowest BCUT2D eigenvalue weighted by Crippen LogP contribution is -1.89. The van der Waals surface area contributed by atoms with Crippen LogP contribution in [0.3, 0.4) is 0 Å². The van der Waals surface area contributed by atoms with Gasteiger partial charge in [0.05, 0.1) is 7.11 Å². The first-order chi connectivity index (χ1) is 8.17. The van der Waals surface area contributed by atoms with Crippen molar-refractivity contribution >= 4 is 11.6 Å². The lowest BCUT2D eigenvalue weighted by atomic mass is 10.3. The average Bonchev–Trinajstić information content (AvgIpc) is 2.28. The topological polar surface area (TPSA) is 31.4 Å². The van der Waals surface area contributed by atoms with Gasteiger partial charge < -0.3 is 9.47 Å². The Kier molecular flexibility index (Phi) is 3.49. The van der Waals surface area contributed by atoms with E-state index < -0.39 is 0 Å². The van der Waals surface area contributed by atoms with Crippen LogP contribution in [0, 0.1) is 6.92 Å². The monoisotopic (exact) mass is 249 g/mol. The predicted molar refractivity (Wildman–Crippen MR) is 67.1 cm³/mol. The zero-order valence-electron chi connectivity index (χ0n) is 9.61. The summed E-state index contributed by atoms with van der Waals surface area (Å²) in [7, 11) is 1.62. The Morgan fingerprint density at radius 1 is 1.06 bits per heavy atom. The highest BCUT2D eigenvalue weighted by Gasteiger charge is 2.02. The summed E-state index contributed by atoms with van der Waals surface area (Å²) in [6.45, 7) is 1.87. The number of methoxy groups -OCH3 is 1. The third-order valence-corrected chi connectivity index (χ3v) is 2.37. The molecule has 0 aliphatic rings. The summed E-state index contributed by atoms with van der Waals surface area (Å²) in [6, 6.07) is 10.9. The maximum atomic E-state index is 5.86. The predicted octanol–water partition coefficient (Wildman–Crippen LogP) is 3.84. The molecule has 0 spiro atoms. The molecule has 3 nitrogen and oxygen atoms in total. The van der Waals surface area contributed by atoms with Crippen molar-refractivity contribution in [1.82, 2.24) is 4.98 Å². The molecule has 17 heavy (non-hydrogen) atoms. The second-order valence-corrected chi connectivity index (χ2v) is 3.94. The summed E-state index contributed by atoms with van der Waals surface area (Å²) in [5.41, 5.74) is 0.815. The minimum Gasteiger partial charge on any atom is -0.497 e. The van der Waals surface area contributed by atoms with Gasteiger partial charge in [0, 0.05) is 23.9 Å². The lowest BCUT2D eigenvalue weighted by molar-refractivity contribution is 0.409. The normalized spacial score (nSPS) is 10.1. The lowest BCUT2D eigenvalue weighted by Gasteiger charge is -2.08. The fourth-order valence-electron chi connectivity index (χ4n) is 1.46. The van der Waals surface area contributed by atoms with Crippen molar-refractivity contribution in [2.24, 2.45) is 0 Å². The maximum Gasteiger partial charge on any atom is 0.133 e. The summed E-state index contributed by atoms with van der Waals surface area (Å²) in [5.74, 6) is 2.11. The van der Waals surface area contributed by atoms with Crippen LogP contribution in [0.1, 0.15) is 5.69 Å². The fourth-order valence-corrected chi connectivity index (χ4v) is 1.70. The van der Waals surface area contributed by atoms with Crippen molar-refractivity contribution in [2.45, 2.75) is 6.92 Å². The van der Waals surface area contributed by atoms with Crippen LogP contribution in [0.15, 0.2) is 36.4 Å². The van der Waals surface area contributed by atoms with Crippen molar-refractivity contribution in [3.63, 3.8) is 0 Å². The zero-order valence-corrected chi connectivity index (χ0v) is 10.4. The number of nitrogens with zero attached hydrogens (tertiary/aromatic N) is 1. The molecule has 0 bridgehead atoms. The molecule has 0 aliphatic heterocycles. The molecule has 0 aliphatic carbocycles. The number of ether oxygens (including phenoxy) is 2. The van der Waals surface area contributed by atoms with Gasteiger partial charge in [0.25, 0.3) is 0 Å². The first kappa shape index (κ1) is 11.7. The molecule has 1 aromatic carbocycles. The van der Waals surface area contributed by atoms with Gasteiger partial charge in [-0.1, -0.05) is 17.7 Å². The molecule has 0 atom stereocenters. The number of halogens is 1. The fraction of sp³-hybridized carbons (Fsp3) is 0.154. The summed E-state index contributed by atoms with van der Waals surface area (Å²) in [4.78, 5) is 4.07. The maximum absolute atomic E-state index is 5.86. The molecule has 0 amide bonds. The van der Waals surface area contributed by atoms with Crippen molar-refractivity contribution < 1.29 is 9.47 Å². The summed E-state index contributed by atoms with van der Waals surface area (Å²) in [5, 5.41) is 0.419. The number of benzene rings is 1. The third kappa shape index (κ3) is 3.11. The highest BCUT2D eigenvalue weighted by molar-refractivity contribution is 6.29. The summed E-state index contributed by atoms with van der Waals surface area (Å²) >= 11 is 5.86. The van der Waals surface area contributed by atoms with E-state index in [1.54, 1.807) is 13.2 Å². The van der Waals surface area contributed by atoms with E-state index in [0.717, 1.165) is 11.4 Å². The van der Waals surface area contributed by atoms with Gasteiger partial charge >= 0.3 is 0 Å². The number of aryl methyl sites for hydroxylation is 1. The Labute approximate surface area is 105 Å². The van der Waals surface area contributed by atoms with E-state index in [1.807, 2.05) is 37.3 Å². The van der Waals surface area contributed by atoms with E-state index in [4.69, 9.17) is 21.1 Å². The second-order valence-electron chi connectivity index (χ2n) is 3.55. The molecule has 0 N–H and O–H groups in total. The average molecular weight is 250 g/mol. The second kappa shape index (κ2) is 5.06. The Morgan fingerprint density at radius 2 is 1.82 bits per heavy atom. The number of hydrogen-bond acceptors (Lipinski definition) is 3. The van der Waals surface area contributed by atoms with Gasteiger partial charge in [-0.3, -0.25) is 0 Å². The molecule has 2 rings (SSSR count). The van der Waals surface area contributed by atoms with Crippen LogP contribution in [0.5, 0.6) is 17.2 Å². The Balaban J connectivity index is 2.24. The smallest absolute Gasteiger partial charge is 0.133 e. The van der Waals surface area contributed by atoms with Crippen LogP contribution in [0.4, 0.5) is 0 Å². The minimum atomic E-state index is 0.419. The van der Waals surface area contributed by atoms with E-state index in [1.165, 1.54) is 0 Å². The van der Waals surface area contributed by atoms with Crippen LogP contribution in [-0.4, -0.2) is 12.1 Å². The molecule has 0 saturated heterocycles. The number of aromatic nitrogens is 1. The molecule has 1 aromatic heterocycles. The highest BCUT2D eigenvalue weighted by Crippen LogP contribution is 2.26. The largest absolute Gasteiger partial charge is 0.497 e. The molecule has 4 heteroatoms. The zero-order chi connectivity index (χ0) is 12.3. The van der Waals surface area contributed by atoms with Crippen LogP contribution < -0.4 is 9.47 Å². The third-order valence-electron chi connectivity index (χ3n) is 2.17. The SMILES string of the molecule is COc1cccc(Oc2cc(C)nc(Cl)c2)c1. The molecule has 0 radical (unpaired) electrons. The summed E-state index contributed by atoms with van der Waals surface area (Å²) < 4.78 is 10.8. The van der Waals surface area contributed by atoms with Gasteiger partial charge in [-0.15, -0.1) is 0 Å². The van der Waals surface area contributed by atoms with Crippen molar-refractivity contribution in [1.29, 1.82) is 0 Å². The van der Waals surface area contributed by atoms with Gasteiger partial charge in [0.15, 0.2) is 0 Å². The van der Waals surface area contributed by atoms with Crippen molar-refractivity contribution in [2.75, 3.05) is 7.11 Å². The van der Waals surface area contributed by atoms with Gasteiger partial charge in [-0.25, -0.2) is 4.98 Å². The van der Waals surface area contributed by atoms with Crippen LogP contribution >= 0.6 is 11.6 Å². The first-order valence-corrected chi connectivity index (χ1v) is 5.51. The molecule has 0 unspecified atom stereocenters. The number of pyridine rings is 1. The minimum absolute atomic E-state index is 0.419. The van der Waals surface area contributed by atoms with E-state index in [0.29, 0.717) is 16.7 Å². The van der Waals surface area contributed by atoms with Gasteiger partial charge in [-0.05, 0) is 19.1 Å². The van der Waals surface area contributed by atoms with E-state index >= 15 is 0 Å². The van der Waals surface area contributed by atoms with E-state index in [-0.39, 0.29) is 0 Å². The van der Waals surface area contributed by atoms with Crippen LogP contribution in [0.2, 0.25) is 5.15 Å². The van der Waals surface area contributed by atoms with E-state index in [2.05, 4.69) is 4.98 Å². The standard InChI is InChI=1S/C13H12ClNO2/c1-9-6-12(8-13(14)15-9)17-11-5-3-4-10(7-11)16-2/h3-8H,1-2H3. The first-order valence-electron chi connectivity index (χ1n) is 5.13.